The van der Waals surface area contributed by atoms with Gasteiger partial charge in [0.1, 0.15) is 30.5 Å². The number of rotatable bonds is 45. The number of ether oxygens (including phenoxy) is 1. The van der Waals surface area contributed by atoms with E-state index in [1.165, 1.54) is 186 Å². The maximum Gasteiger partial charge on any atom is 0.220 e. The van der Waals surface area contributed by atoms with Crippen LogP contribution in [0.3, 0.4) is 0 Å². The van der Waals surface area contributed by atoms with Crippen molar-refractivity contribution in [3.63, 3.8) is 0 Å². The van der Waals surface area contributed by atoms with Crippen molar-refractivity contribution in [3.8, 4) is 0 Å². The van der Waals surface area contributed by atoms with Gasteiger partial charge in [-0.05, 0) is 25.7 Å². The maximum absolute atomic E-state index is 13.1. The summed E-state index contributed by atoms with van der Waals surface area (Å²) in [5.41, 5.74) is 0. The van der Waals surface area contributed by atoms with Crippen molar-refractivity contribution in [2.24, 2.45) is 0 Å². The van der Waals surface area contributed by atoms with Crippen LogP contribution in [0.25, 0.3) is 0 Å². The molecule has 0 saturated carbocycles. The van der Waals surface area contributed by atoms with Gasteiger partial charge >= 0.3 is 0 Å². The molecule has 1 fully saturated rings. The lowest BCUT2D eigenvalue weighted by Gasteiger charge is -2.40. The normalized spacial score (nSPS) is 20.8. The first-order valence-corrected chi connectivity index (χ1v) is 26.9. The largest absolute Gasteiger partial charge is 0.394 e. The summed E-state index contributed by atoms with van der Waals surface area (Å²) in [6, 6.07) is -0.769. The van der Waals surface area contributed by atoms with Crippen molar-refractivity contribution in [1.29, 1.82) is 0 Å². The first kappa shape index (κ1) is 58.9. The van der Waals surface area contributed by atoms with Crippen LogP contribution >= 0.6 is 0 Å². The summed E-state index contributed by atoms with van der Waals surface area (Å²) in [7, 11) is 0. The number of hydrogen-bond donors (Lipinski definition) is 7. The number of aliphatic hydroxyl groups is 6. The molecule has 1 rings (SSSR count). The van der Waals surface area contributed by atoms with E-state index < -0.39 is 55.4 Å². The lowest BCUT2D eigenvalue weighted by atomic mass is 9.92. The fraction of sp³-hybridized carbons (Fsp3) is 0.943. The second kappa shape index (κ2) is 42.6. The van der Waals surface area contributed by atoms with Gasteiger partial charge in [0, 0.05) is 6.42 Å². The highest BCUT2D eigenvalue weighted by Gasteiger charge is 2.42. The van der Waals surface area contributed by atoms with Crippen LogP contribution in [0.1, 0.15) is 264 Å². The molecule has 0 spiro atoms. The van der Waals surface area contributed by atoms with Crippen LogP contribution in [0.2, 0.25) is 0 Å². The van der Waals surface area contributed by atoms with E-state index >= 15 is 0 Å². The molecule has 0 aromatic heterocycles. The Hall–Kier alpha value is -1.07. The Bertz CT molecular complexity index is 997. The third-order valence-corrected chi connectivity index (χ3v) is 13.4. The van der Waals surface area contributed by atoms with Crippen LogP contribution in [-0.4, -0.2) is 91.9 Å². The van der Waals surface area contributed by atoms with E-state index in [1.807, 2.05) is 0 Å². The second-order valence-electron chi connectivity index (χ2n) is 19.2. The average Bonchev–Trinajstić information content (AvgIpc) is 3.27. The first-order valence-electron chi connectivity index (χ1n) is 26.9. The molecule has 1 saturated heterocycles. The Morgan fingerprint density at radius 2 is 0.871 bits per heavy atom. The molecule has 0 bridgehead atoms. The number of hydrogen-bond acceptors (Lipinski definition) is 8. The Labute approximate surface area is 382 Å². The van der Waals surface area contributed by atoms with E-state index in [9.17, 15) is 35.4 Å². The summed E-state index contributed by atoms with van der Waals surface area (Å²) in [4.78, 5) is 13.1. The Morgan fingerprint density at radius 1 is 0.516 bits per heavy atom. The van der Waals surface area contributed by atoms with Gasteiger partial charge in [-0.3, -0.25) is 4.79 Å². The second-order valence-corrected chi connectivity index (χ2v) is 19.2. The lowest BCUT2D eigenvalue weighted by molar-refractivity contribution is -0.230. The fourth-order valence-electron chi connectivity index (χ4n) is 9.10. The molecule has 7 N–H and O–H groups in total. The lowest BCUT2D eigenvalue weighted by Crippen LogP contribution is -2.58. The van der Waals surface area contributed by atoms with Gasteiger partial charge in [-0.15, -0.1) is 0 Å². The molecule has 9 heteroatoms. The molecule has 0 aromatic carbocycles. The van der Waals surface area contributed by atoms with E-state index in [1.54, 1.807) is 12.2 Å². The van der Waals surface area contributed by atoms with Crippen LogP contribution in [-0.2, 0) is 9.53 Å². The van der Waals surface area contributed by atoms with Gasteiger partial charge in [-0.1, -0.05) is 244 Å². The van der Waals surface area contributed by atoms with Crippen LogP contribution in [0.4, 0.5) is 0 Å². The van der Waals surface area contributed by atoms with Gasteiger partial charge in [0.15, 0.2) is 0 Å². The predicted octanol–water partition coefficient (Wildman–Crippen LogP) is 11.8. The highest BCUT2D eigenvalue weighted by molar-refractivity contribution is 5.76. The summed E-state index contributed by atoms with van der Waals surface area (Å²) in [6.45, 7) is 4.06. The molecule has 0 radical (unpaired) electrons. The molecule has 8 atom stereocenters. The smallest absolute Gasteiger partial charge is 0.220 e. The van der Waals surface area contributed by atoms with E-state index in [-0.39, 0.29) is 5.91 Å². The van der Waals surface area contributed by atoms with E-state index in [4.69, 9.17) is 4.74 Å². The molecular weight excluding hydrogens is 779 g/mol. The molecule has 1 aliphatic heterocycles. The van der Waals surface area contributed by atoms with Crippen molar-refractivity contribution in [2.75, 3.05) is 6.61 Å². The summed E-state index contributed by atoms with van der Waals surface area (Å²) >= 11 is 0. The fourth-order valence-corrected chi connectivity index (χ4v) is 9.10. The molecule has 0 aromatic rings. The number of unbranched alkanes of at least 4 members (excludes halogenated alkanes) is 33. The SMILES string of the molecule is CCCCCCCCCCCCCCCCCCCCCCCCCC(=O)N[C@@H](/C=C/CC[C@H]1O[C@H](CO)[C@H](O)[C@H](O)[C@H]1O)[C@H](O)[C@H](O)CCCCCCCCCCCCCC. The average molecular weight is 882 g/mol. The molecule has 1 heterocycles. The highest BCUT2D eigenvalue weighted by Crippen LogP contribution is 2.25. The Morgan fingerprint density at radius 3 is 1.26 bits per heavy atom. The van der Waals surface area contributed by atoms with E-state index in [0.717, 1.165) is 38.5 Å². The zero-order chi connectivity index (χ0) is 45.3. The van der Waals surface area contributed by atoms with Crippen LogP contribution in [0.15, 0.2) is 12.2 Å². The van der Waals surface area contributed by atoms with E-state index in [0.29, 0.717) is 25.7 Å². The molecule has 0 unspecified atom stereocenters. The molecule has 9 nitrogen and oxygen atoms in total. The topological polar surface area (TPSA) is 160 Å². The van der Waals surface area contributed by atoms with E-state index in [2.05, 4.69) is 19.2 Å². The van der Waals surface area contributed by atoms with Crippen molar-refractivity contribution in [3.05, 3.63) is 12.2 Å². The quantitative estimate of drug-likeness (QED) is 0.0235. The summed E-state index contributed by atoms with van der Waals surface area (Å²) in [5.74, 6) is -0.145. The van der Waals surface area contributed by atoms with Gasteiger partial charge in [0.2, 0.25) is 5.91 Å². The number of allylic oxidation sites excluding steroid dienone is 1. The molecular formula is C53H103NO8. The van der Waals surface area contributed by atoms with Gasteiger partial charge in [0.05, 0.1) is 24.9 Å². The minimum absolute atomic E-state index is 0.145. The number of aliphatic hydroxyl groups excluding tert-OH is 6. The van der Waals surface area contributed by atoms with Gasteiger partial charge in [-0.2, -0.15) is 0 Å². The molecule has 62 heavy (non-hydrogen) atoms. The summed E-state index contributed by atoms with van der Waals surface area (Å²) < 4.78 is 5.63. The van der Waals surface area contributed by atoms with Crippen LogP contribution < -0.4 is 5.32 Å². The zero-order valence-electron chi connectivity index (χ0n) is 40.6. The Kier molecular flexibility index (Phi) is 40.5. The Balaban J connectivity index is 2.30. The minimum Gasteiger partial charge on any atom is -0.394 e. The van der Waals surface area contributed by atoms with Gasteiger partial charge < -0.3 is 40.7 Å². The van der Waals surface area contributed by atoms with Crippen molar-refractivity contribution in [1.82, 2.24) is 5.32 Å². The molecule has 1 amide bonds. The number of carbonyl (C=O) groups excluding carboxylic acids is 1. The molecule has 1 aliphatic rings. The summed E-state index contributed by atoms with van der Waals surface area (Å²) in [5, 5.41) is 65.3. The molecule has 0 aliphatic carbocycles. The third-order valence-electron chi connectivity index (χ3n) is 13.4. The van der Waals surface area contributed by atoms with Crippen molar-refractivity contribution < 1.29 is 40.2 Å². The highest BCUT2D eigenvalue weighted by atomic mass is 16.5. The number of carbonyl (C=O) groups is 1. The maximum atomic E-state index is 13.1. The predicted molar refractivity (Wildman–Crippen MR) is 258 cm³/mol. The first-order chi connectivity index (χ1) is 30.3. The van der Waals surface area contributed by atoms with Crippen molar-refractivity contribution >= 4 is 5.91 Å². The number of nitrogens with one attached hydrogen (secondary N) is 1. The monoisotopic (exact) mass is 882 g/mol. The minimum atomic E-state index is -1.42. The molecule has 368 valence electrons. The van der Waals surface area contributed by atoms with Crippen molar-refractivity contribution in [2.45, 2.75) is 313 Å². The van der Waals surface area contributed by atoms with Gasteiger partial charge in [0.25, 0.3) is 0 Å². The van der Waals surface area contributed by atoms with Gasteiger partial charge in [-0.25, -0.2) is 0 Å². The van der Waals surface area contributed by atoms with Crippen LogP contribution in [0, 0.1) is 0 Å². The zero-order valence-corrected chi connectivity index (χ0v) is 40.6. The van der Waals surface area contributed by atoms with Crippen LogP contribution in [0.5, 0.6) is 0 Å². The standard InChI is InChI=1S/C53H103NO8/c1-3-5-7-9-11-13-15-17-18-19-20-21-22-23-24-25-26-27-29-31-33-35-37-43-49(57)54-45(40-38-39-42-47-51(59)53(61)52(60)48(44-55)62-47)50(58)46(56)41-36-34-32-30-28-16-14-12-10-8-6-4-2/h38,40,45-48,50-53,55-56,58-61H,3-37,39,41-44H2,1-2H3,(H,54,57)/b40-38+/t45-,46+,47+,48+,50-,51-,52-,53+/m0/s1. The number of amides is 1. The summed E-state index contributed by atoms with van der Waals surface area (Å²) in [6.07, 6.45) is 42.2. The third kappa shape index (κ3) is 31.7.